The lowest BCUT2D eigenvalue weighted by Gasteiger charge is -2.20. The van der Waals surface area contributed by atoms with E-state index in [2.05, 4.69) is 0 Å². The molecule has 1 fully saturated rings. The fraction of sp³-hybridized carbons (Fsp3) is 0.391. The van der Waals surface area contributed by atoms with E-state index in [9.17, 15) is 22.4 Å². The highest BCUT2D eigenvalue weighted by Crippen LogP contribution is 2.28. The van der Waals surface area contributed by atoms with Crippen molar-refractivity contribution in [2.75, 3.05) is 19.3 Å². The quantitative estimate of drug-likeness (QED) is 0.584. The Morgan fingerprint density at radius 3 is 2.41 bits per heavy atom. The molecule has 2 aromatic carbocycles. The van der Waals surface area contributed by atoms with Crippen LogP contribution in [-0.2, 0) is 9.84 Å². The van der Waals surface area contributed by atoms with E-state index in [1.807, 2.05) is 13.8 Å². The van der Waals surface area contributed by atoms with Crippen molar-refractivity contribution in [2.45, 2.75) is 44.3 Å². The highest BCUT2D eigenvalue weighted by atomic mass is 32.2. The fourth-order valence-corrected chi connectivity index (χ4v) is 4.08. The number of nitrogens with zero attached hydrogens (tertiary/aromatic N) is 1. The molecule has 0 spiro atoms. The lowest BCUT2D eigenvalue weighted by Crippen LogP contribution is -2.31. The number of benzene rings is 2. The molecule has 1 aliphatic rings. The predicted octanol–water partition coefficient (Wildman–Crippen LogP) is 3.51. The molecule has 1 amide bonds. The van der Waals surface area contributed by atoms with Gasteiger partial charge in [-0.25, -0.2) is 12.8 Å². The Bertz CT molecular complexity index is 1150. The predicted molar refractivity (Wildman–Crippen MR) is 117 cm³/mol. The normalized spacial score (nSPS) is 16.3. The number of carbonyl (C=O) groups excluding carboxylic acids is 2. The monoisotopic (exact) mass is 463 g/mol. The molecule has 1 saturated heterocycles. The number of sulfone groups is 1. The first-order chi connectivity index (χ1) is 15.0. The first kappa shape index (κ1) is 23.7. The molecule has 9 heteroatoms. The minimum absolute atomic E-state index is 0.0113. The summed E-state index contributed by atoms with van der Waals surface area (Å²) in [4.78, 5) is 26.1. The summed E-state index contributed by atoms with van der Waals surface area (Å²) in [6, 6.07) is 8.24. The van der Waals surface area contributed by atoms with E-state index >= 15 is 0 Å². The second-order valence-corrected chi connectivity index (χ2v) is 10.1. The van der Waals surface area contributed by atoms with E-state index in [0.717, 1.165) is 12.3 Å². The highest BCUT2D eigenvalue weighted by molar-refractivity contribution is 7.90. The van der Waals surface area contributed by atoms with Crippen LogP contribution in [0.15, 0.2) is 41.3 Å². The van der Waals surface area contributed by atoms with Crippen LogP contribution < -0.4 is 9.47 Å². The summed E-state index contributed by atoms with van der Waals surface area (Å²) >= 11 is 0. The average molecular weight is 464 g/mol. The summed E-state index contributed by atoms with van der Waals surface area (Å²) in [5, 5.41) is 0. The van der Waals surface area contributed by atoms with E-state index in [-0.39, 0.29) is 46.1 Å². The first-order valence-corrected chi connectivity index (χ1v) is 12.1. The Hall–Kier alpha value is -2.94. The third kappa shape index (κ3) is 5.45. The third-order valence-corrected chi connectivity index (χ3v) is 6.15. The smallest absolute Gasteiger partial charge is 0.257 e. The van der Waals surface area contributed by atoms with Gasteiger partial charge in [-0.15, -0.1) is 0 Å². The molecule has 172 valence electrons. The largest absolute Gasteiger partial charge is 0.490 e. The number of hydrogen-bond acceptors (Lipinski definition) is 6. The van der Waals surface area contributed by atoms with Crippen molar-refractivity contribution < 1.29 is 31.9 Å². The number of ketones is 1. The van der Waals surface area contributed by atoms with Gasteiger partial charge in [0, 0.05) is 24.8 Å². The number of carbonyl (C=O) groups is 2. The average Bonchev–Trinajstić information content (AvgIpc) is 3.16. The summed E-state index contributed by atoms with van der Waals surface area (Å²) < 4.78 is 49.7. The maximum Gasteiger partial charge on any atom is 0.257 e. The number of Topliss-reactive ketones (excluding diaryl/α,β-unsaturated/α-hetero) is 1. The first-order valence-electron chi connectivity index (χ1n) is 10.2. The molecule has 32 heavy (non-hydrogen) atoms. The Morgan fingerprint density at radius 1 is 1.12 bits per heavy atom. The number of likely N-dealkylation sites (tertiary alicyclic amines) is 1. The van der Waals surface area contributed by atoms with Crippen LogP contribution in [-0.4, -0.2) is 56.6 Å². The van der Waals surface area contributed by atoms with Gasteiger partial charge in [-0.2, -0.15) is 0 Å². The number of halogens is 1. The van der Waals surface area contributed by atoms with Gasteiger partial charge in [-0.1, -0.05) is 0 Å². The molecule has 1 heterocycles. The Balaban J connectivity index is 1.79. The van der Waals surface area contributed by atoms with Crippen LogP contribution >= 0.6 is 0 Å². The summed E-state index contributed by atoms with van der Waals surface area (Å²) in [6.45, 7) is 5.54. The molecule has 1 unspecified atom stereocenters. The van der Waals surface area contributed by atoms with Gasteiger partial charge in [-0.3, -0.25) is 9.59 Å². The van der Waals surface area contributed by atoms with Crippen molar-refractivity contribution in [1.29, 1.82) is 0 Å². The maximum atomic E-state index is 14.3. The van der Waals surface area contributed by atoms with E-state index in [1.165, 1.54) is 42.2 Å². The minimum Gasteiger partial charge on any atom is -0.490 e. The molecule has 1 atom stereocenters. The van der Waals surface area contributed by atoms with Gasteiger partial charge in [0.15, 0.2) is 27.2 Å². The summed E-state index contributed by atoms with van der Waals surface area (Å²) in [5.41, 5.74) is 0.404. The highest BCUT2D eigenvalue weighted by Gasteiger charge is 2.31. The molecule has 7 nitrogen and oxygen atoms in total. The fourth-order valence-electron chi connectivity index (χ4n) is 3.44. The number of rotatable bonds is 7. The van der Waals surface area contributed by atoms with Gasteiger partial charge in [0.05, 0.1) is 23.1 Å². The van der Waals surface area contributed by atoms with Crippen molar-refractivity contribution in [3.8, 4) is 11.5 Å². The molecular formula is C23H26FNO6S. The van der Waals surface area contributed by atoms with E-state index in [0.29, 0.717) is 18.7 Å². The Labute approximate surface area is 187 Å². The van der Waals surface area contributed by atoms with Crippen LogP contribution in [0.3, 0.4) is 0 Å². The number of hydrogen-bond donors (Lipinski definition) is 0. The molecule has 2 aromatic rings. The Morgan fingerprint density at radius 2 is 1.81 bits per heavy atom. The second-order valence-electron chi connectivity index (χ2n) is 8.08. The van der Waals surface area contributed by atoms with Gasteiger partial charge in [0.1, 0.15) is 11.9 Å². The van der Waals surface area contributed by atoms with Gasteiger partial charge < -0.3 is 14.4 Å². The zero-order chi connectivity index (χ0) is 23.6. The number of amides is 1. The molecule has 0 radical (unpaired) electrons. The second kappa shape index (κ2) is 9.28. The SMILES string of the molecule is CC(=O)c1ccc(OC2CCN(C(=O)c3cc(S(C)(=O)=O)ccc3OC(C)C)C2)c(F)c1. The van der Waals surface area contributed by atoms with Gasteiger partial charge >= 0.3 is 0 Å². The molecule has 0 aliphatic carbocycles. The molecule has 1 aliphatic heterocycles. The standard InChI is InChI=1S/C23H26FNO6S/c1-14(2)30-21-8-6-18(32(4,28)29)12-19(21)23(27)25-10-9-17(13-25)31-22-7-5-16(15(3)26)11-20(22)24/h5-8,11-12,14,17H,9-10,13H2,1-4H3. The van der Waals surface area contributed by atoms with E-state index in [4.69, 9.17) is 9.47 Å². The lowest BCUT2D eigenvalue weighted by atomic mass is 10.1. The Kier molecular flexibility index (Phi) is 6.88. The summed E-state index contributed by atoms with van der Waals surface area (Å²) in [6.07, 6.45) is 0.905. The van der Waals surface area contributed by atoms with Crippen LogP contribution in [0.5, 0.6) is 11.5 Å². The molecule has 3 rings (SSSR count). The van der Waals surface area contributed by atoms with Crippen molar-refractivity contribution in [2.24, 2.45) is 0 Å². The van der Waals surface area contributed by atoms with Crippen molar-refractivity contribution in [3.05, 3.63) is 53.3 Å². The lowest BCUT2D eigenvalue weighted by molar-refractivity contribution is 0.0764. The van der Waals surface area contributed by atoms with Crippen LogP contribution in [0.1, 0.15) is 47.9 Å². The zero-order valence-electron chi connectivity index (χ0n) is 18.4. The van der Waals surface area contributed by atoms with Crippen molar-refractivity contribution in [1.82, 2.24) is 4.90 Å². The van der Waals surface area contributed by atoms with Gasteiger partial charge in [0.2, 0.25) is 0 Å². The van der Waals surface area contributed by atoms with Crippen molar-refractivity contribution >= 4 is 21.5 Å². The summed E-state index contributed by atoms with van der Waals surface area (Å²) in [5.74, 6) is -0.964. The summed E-state index contributed by atoms with van der Waals surface area (Å²) in [7, 11) is -3.51. The number of ether oxygens (including phenoxy) is 2. The molecule has 0 saturated carbocycles. The minimum atomic E-state index is -3.51. The molecule has 0 aromatic heterocycles. The van der Waals surface area contributed by atoms with Crippen LogP contribution in [0.4, 0.5) is 4.39 Å². The maximum absolute atomic E-state index is 14.3. The molecule has 0 bridgehead atoms. The third-order valence-electron chi connectivity index (χ3n) is 5.04. The van der Waals surface area contributed by atoms with Gasteiger partial charge in [0.25, 0.3) is 5.91 Å². The van der Waals surface area contributed by atoms with Crippen molar-refractivity contribution in [3.63, 3.8) is 0 Å². The molecular weight excluding hydrogens is 437 g/mol. The van der Waals surface area contributed by atoms with Gasteiger partial charge in [-0.05, 0) is 57.2 Å². The van der Waals surface area contributed by atoms with Crippen LogP contribution in [0, 0.1) is 5.82 Å². The zero-order valence-corrected chi connectivity index (χ0v) is 19.2. The van der Waals surface area contributed by atoms with E-state index in [1.54, 1.807) is 0 Å². The van der Waals surface area contributed by atoms with Crippen LogP contribution in [0.2, 0.25) is 0 Å². The molecule has 0 N–H and O–H groups in total. The van der Waals surface area contributed by atoms with E-state index < -0.39 is 21.8 Å². The topological polar surface area (TPSA) is 90.0 Å². The van der Waals surface area contributed by atoms with Crippen LogP contribution in [0.25, 0.3) is 0 Å².